The van der Waals surface area contributed by atoms with Crippen LogP contribution in [0.5, 0.6) is 0 Å². The van der Waals surface area contributed by atoms with E-state index in [0.29, 0.717) is 0 Å². The molecule has 0 heterocycles. The zero-order chi connectivity index (χ0) is 11.7. The van der Waals surface area contributed by atoms with Crippen LogP contribution in [-0.2, 0) is 0 Å². The van der Waals surface area contributed by atoms with Crippen LogP contribution in [0.25, 0.3) is 11.1 Å². The smallest absolute Gasteiger partial charge is 0.0123 e. The quantitative estimate of drug-likeness (QED) is 0.646. The van der Waals surface area contributed by atoms with Crippen molar-refractivity contribution in [3.05, 3.63) is 58.7 Å². The Morgan fingerprint density at radius 3 is 1.94 bits per heavy atom. The highest BCUT2D eigenvalue weighted by molar-refractivity contribution is 5.74. The molecule has 0 N–H and O–H groups in total. The van der Waals surface area contributed by atoms with Crippen molar-refractivity contribution in [3.63, 3.8) is 0 Å². The van der Waals surface area contributed by atoms with Gasteiger partial charge >= 0.3 is 0 Å². The first-order valence-corrected chi connectivity index (χ1v) is 5.73. The molecule has 0 spiro atoms. The molecule has 16 heavy (non-hydrogen) atoms. The summed E-state index contributed by atoms with van der Waals surface area (Å²) in [7, 11) is 0. The van der Waals surface area contributed by atoms with E-state index in [0.717, 1.165) is 0 Å². The molecule has 2 aromatic carbocycles. The molecule has 0 atom stereocenters. The van der Waals surface area contributed by atoms with E-state index in [9.17, 15) is 0 Å². The third-order valence-electron chi connectivity index (χ3n) is 3.14. The highest BCUT2D eigenvalue weighted by Gasteiger charge is 2.07. The molecule has 0 unspecified atom stereocenters. The van der Waals surface area contributed by atoms with Crippen LogP contribution < -0.4 is 0 Å². The maximum Gasteiger partial charge on any atom is -0.0123 e. The summed E-state index contributed by atoms with van der Waals surface area (Å²) in [6.45, 7) is 8.70. The molecule has 0 heteroatoms. The lowest BCUT2D eigenvalue weighted by molar-refractivity contribution is 1.33. The third kappa shape index (κ3) is 1.88. The molecule has 0 nitrogen and oxygen atoms in total. The minimum atomic E-state index is 1.32. The second-order valence-corrected chi connectivity index (χ2v) is 4.59. The average Bonchev–Trinajstić information content (AvgIpc) is 2.23. The van der Waals surface area contributed by atoms with Crippen molar-refractivity contribution in [3.8, 4) is 11.1 Å². The van der Waals surface area contributed by atoms with Gasteiger partial charge in [-0.3, -0.25) is 0 Å². The number of hydrogen-bond acceptors (Lipinski definition) is 0. The number of aryl methyl sites for hydroxylation is 4. The van der Waals surface area contributed by atoms with Gasteiger partial charge in [0.2, 0.25) is 0 Å². The van der Waals surface area contributed by atoms with Crippen LogP contribution in [0.3, 0.4) is 0 Å². The average molecular weight is 210 g/mol. The van der Waals surface area contributed by atoms with Crippen molar-refractivity contribution in [1.82, 2.24) is 0 Å². The van der Waals surface area contributed by atoms with E-state index >= 15 is 0 Å². The van der Waals surface area contributed by atoms with Gasteiger partial charge in [0, 0.05) is 0 Å². The van der Waals surface area contributed by atoms with Crippen molar-refractivity contribution in [2.75, 3.05) is 0 Å². The standard InChI is InChI=1S/C16H18/c1-11-8-9-12(2)15(10-11)16-13(3)6-5-7-14(16)4/h5-10H,1-4H3. The number of rotatable bonds is 1. The van der Waals surface area contributed by atoms with E-state index in [1.54, 1.807) is 0 Å². The zero-order valence-electron chi connectivity index (χ0n) is 10.5. The third-order valence-corrected chi connectivity index (χ3v) is 3.14. The first-order valence-electron chi connectivity index (χ1n) is 5.73. The summed E-state index contributed by atoms with van der Waals surface area (Å²) in [6, 6.07) is 13.2. The molecule has 0 bridgehead atoms. The topological polar surface area (TPSA) is 0 Å². The molecule has 0 aliphatic heterocycles. The van der Waals surface area contributed by atoms with Crippen LogP contribution in [0, 0.1) is 27.7 Å². The van der Waals surface area contributed by atoms with Crippen LogP contribution >= 0.6 is 0 Å². The predicted molar refractivity (Wildman–Crippen MR) is 70.8 cm³/mol. The van der Waals surface area contributed by atoms with E-state index in [1.807, 2.05) is 0 Å². The maximum atomic E-state index is 2.28. The maximum absolute atomic E-state index is 2.28. The fourth-order valence-electron chi connectivity index (χ4n) is 2.24. The molecule has 2 rings (SSSR count). The number of benzene rings is 2. The highest BCUT2D eigenvalue weighted by Crippen LogP contribution is 2.30. The molecular formula is C16H18. The Labute approximate surface area is 97.9 Å². The lowest BCUT2D eigenvalue weighted by Gasteiger charge is -2.13. The first-order chi connectivity index (χ1) is 7.59. The van der Waals surface area contributed by atoms with E-state index in [1.165, 1.54) is 33.4 Å². The molecular weight excluding hydrogens is 192 g/mol. The molecule has 0 saturated carbocycles. The number of hydrogen-bond donors (Lipinski definition) is 0. The van der Waals surface area contributed by atoms with E-state index in [2.05, 4.69) is 64.1 Å². The fourth-order valence-corrected chi connectivity index (χ4v) is 2.24. The molecule has 82 valence electrons. The largest absolute Gasteiger partial charge is 0.0617 e. The van der Waals surface area contributed by atoms with Crippen molar-refractivity contribution in [1.29, 1.82) is 0 Å². The zero-order valence-corrected chi connectivity index (χ0v) is 10.5. The Bertz CT molecular complexity index is 501. The molecule has 2 aromatic rings. The second kappa shape index (κ2) is 4.13. The lowest BCUT2D eigenvalue weighted by atomic mass is 9.92. The molecule has 0 radical (unpaired) electrons. The van der Waals surface area contributed by atoms with Crippen LogP contribution in [0.4, 0.5) is 0 Å². The SMILES string of the molecule is Cc1ccc(C)c(-c2c(C)cccc2C)c1. The summed E-state index contributed by atoms with van der Waals surface area (Å²) >= 11 is 0. The Kier molecular flexibility index (Phi) is 2.82. The van der Waals surface area contributed by atoms with Gasteiger partial charge in [-0.05, 0) is 55.5 Å². The normalized spacial score (nSPS) is 10.5. The van der Waals surface area contributed by atoms with Crippen LogP contribution in [0.1, 0.15) is 22.3 Å². The van der Waals surface area contributed by atoms with Gasteiger partial charge in [0.05, 0.1) is 0 Å². The van der Waals surface area contributed by atoms with Crippen molar-refractivity contribution >= 4 is 0 Å². The van der Waals surface area contributed by atoms with Gasteiger partial charge in [-0.1, -0.05) is 42.0 Å². The van der Waals surface area contributed by atoms with Crippen molar-refractivity contribution in [2.24, 2.45) is 0 Å². The molecule has 0 amide bonds. The van der Waals surface area contributed by atoms with Gasteiger partial charge in [0.1, 0.15) is 0 Å². The molecule has 0 aromatic heterocycles. The first kappa shape index (κ1) is 10.9. The van der Waals surface area contributed by atoms with Gasteiger partial charge in [0.15, 0.2) is 0 Å². The van der Waals surface area contributed by atoms with Gasteiger partial charge < -0.3 is 0 Å². The van der Waals surface area contributed by atoms with Crippen LogP contribution in [-0.4, -0.2) is 0 Å². The van der Waals surface area contributed by atoms with Crippen LogP contribution in [0.2, 0.25) is 0 Å². The molecule has 0 aliphatic carbocycles. The lowest BCUT2D eigenvalue weighted by Crippen LogP contribution is -1.91. The summed E-state index contributed by atoms with van der Waals surface area (Å²) in [6.07, 6.45) is 0. The Balaban J connectivity index is 2.72. The molecule has 0 saturated heterocycles. The van der Waals surface area contributed by atoms with E-state index < -0.39 is 0 Å². The predicted octanol–water partition coefficient (Wildman–Crippen LogP) is 4.59. The Morgan fingerprint density at radius 2 is 1.31 bits per heavy atom. The van der Waals surface area contributed by atoms with Gasteiger partial charge in [-0.25, -0.2) is 0 Å². The monoisotopic (exact) mass is 210 g/mol. The summed E-state index contributed by atoms with van der Waals surface area (Å²) in [5.41, 5.74) is 8.15. The summed E-state index contributed by atoms with van der Waals surface area (Å²) < 4.78 is 0. The van der Waals surface area contributed by atoms with Gasteiger partial charge in [-0.2, -0.15) is 0 Å². The highest BCUT2D eigenvalue weighted by atomic mass is 14.1. The minimum Gasteiger partial charge on any atom is -0.0617 e. The minimum absolute atomic E-state index is 1.32. The Hall–Kier alpha value is -1.56. The van der Waals surface area contributed by atoms with E-state index in [-0.39, 0.29) is 0 Å². The van der Waals surface area contributed by atoms with Gasteiger partial charge in [-0.15, -0.1) is 0 Å². The van der Waals surface area contributed by atoms with Gasteiger partial charge in [0.25, 0.3) is 0 Å². The summed E-state index contributed by atoms with van der Waals surface area (Å²) in [5.74, 6) is 0. The summed E-state index contributed by atoms with van der Waals surface area (Å²) in [4.78, 5) is 0. The summed E-state index contributed by atoms with van der Waals surface area (Å²) in [5, 5.41) is 0. The second-order valence-electron chi connectivity index (χ2n) is 4.59. The fraction of sp³-hybridized carbons (Fsp3) is 0.250. The van der Waals surface area contributed by atoms with Crippen molar-refractivity contribution < 1.29 is 0 Å². The molecule has 0 aliphatic rings. The van der Waals surface area contributed by atoms with Crippen LogP contribution in [0.15, 0.2) is 36.4 Å². The Morgan fingerprint density at radius 1 is 0.688 bits per heavy atom. The van der Waals surface area contributed by atoms with Crippen molar-refractivity contribution in [2.45, 2.75) is 27.7 Å². The molecule has 0 fully saturated rings. The van der Waals surface area contributed by atoms with E-state index in [4.69, 9.17) is 0 Å².